The number of amides is 1. The largest absolute Gasteiger partial charge is 0.497 e. The number of rotatable bonds is 7. The molecule has 0 fully saturated rings. The van der Waals surface area contributed by atoms with Gasteiger partial charge in [-0.1, -0.05) is 12.1 Å². The summed E-state index contributed by atoms with van der Waals surface area (Å²) in [5, 5.41) is 0.259. The second kappa shape index (κ2) is 8.72. The van der Waals surface area contributed by atoms with Crippen LogP contribution in [0.3, 0.4) is 0 Å². The second-order valence-electron chi connectivity index (χ2n) is 5.89. The SMILES string of the molecule is COc1ccc2c(NNC(=O)COc3ccccc3OC)nc(C(F)(F)F)nc2c1. The number of carbonyl (C=O) groups excluding carboxylic acids is 1. The van der Waals surface area contributed by atoms with Crippen molar-refractivity contribution in [1.29, 1.82) is 0 Å². The molecular formula is C19H17F3N4O4. The van der Waals surface area contributed by atoms with Gasteiger partial charge in [-0.2, -0.15) is 13.2 Å². The highest BCUT2D eigenvalue weighted by Crippen LogP contribution is 2.31. The molecule has 0 radical (unpaired) electrons. The van der Waals surface area contributed by atoms with Gasteiger partial charge in [-0.05, 0) is 24.3 Å². The molecule has 0 unspecified atom stereocenters. The number of benzene rings is 2. The van der Waals surface area contributed by atoms with E-state index < -0.39 is 24.5 Å². The maximum atomic E-state index is 13.2. The summed E-state index contributed by atoms with van der Waals surface area (Å²) in [4.78, 5) is 19.1. The van der Waals surface area contributed by atoms with E-state index in [4.69, 9.17) is 14.2 Å². The third-order valence-corrected chi connectivity index (χ3v) is 3.91. The summed E-state index contributed by atoms with van der Waals surface area (Å²) in [7, 11) is 2.84. The van der Waals surface area contributed by atoms with Crippen molar-refractivity contribution in [2.45, 2.75) is 6.18 Å². The van der Waals surface area contributed by atoms with E-state index in [0.29, 0.717) is 17.2 Å². The van der Waals surface area contributed by atoms with Crippen LogP contribution < -0.4 is 25.1 Å². The molecule has 0 aliphatic rings. The number of anilines is 1. The minimum atomic E-state index is -4.77. The van der Waals surface area contributed by atoms with Gasteiger partial charge in [0.1, 0.15) is 5.75 Å². The number of ether oxygens (including phenoxy) is 3. The lowest BCUT2D eigenvalue weighted by atomic mass is 10.2. The number of methoxy groups -OCH3 is 2. The Morgan fingerprint density at radius 1 is 1.03 bits per heavy atom. The summed E-state index contributed by atoms with van der Waals surface area (Å²) in [6.07, 6.45) is -4.77. The van der Waals surface area contributed by atoms with E-state index >= 15 is 0 Å². The van der Waals surface area contributed by atoms with Gasteiger partial charge in [-0.3, -0.25) is 15.6 Å². The van der Waals surface area contributed by atoms with E-state index in [-0.39, 0.29) is 16.7 Å². The molecular weight excluding hydrogens is 405 g/mol. The lowest BCUT2D eigenvalue weighted by Gasteiger charge is -2.14. The first-order chi connectivity index (χ1) is 14.3. The lowest BCUT2D eigenvalue weighted by molar-refractivity contribution is -0.144. The molecule has 11 heteroatoms. The predicted molar refractivity (Wildman–Crippen MR) is 101 cm³/mol. The Morgan fingerprint density at radius 3 is 2.43 bits per heavy atom. The molecule has 8 nitrogen and oxygen atoms in total. The number of alkyl halides is 3. The van der Waals surface area contributed by atoms with E-state index in [1.807, 2.05) is 0 Å². The van der Waals surface area contributed by atoms with Crippen molar-refractivity contribution < 1.29 is 32.2 Å². The fourth-order valence-corrected chi connectivity index (χ4v) is 2.50. The molecule has 1 heterocycles. The standard InChI is InChI=1S/C19H17F3N4O4/c1-28-11-7-8-12-13(9-11)23-18(19(20,21)22)24-17(12)26-25-16(27)10-30-15-6-4-3-5-14(15)29-2/h3-9H,10H2,1-2H3,(H,25,27)(H,23,24,26). The maximum absolute atomic E-state index is 13.2. The highest BCUT2D eigenvalue weighted by molar-refractivity contribution is 5.91. The van der Waals surface area contributed by atoms with E-state index in [0.717, 1.165) is 0 Å². The molecule has 3 aromatic rings. The number of hydrogen-bond acceptors (Lipinski definition) is 7. The monoisotopic (exact) mass is 422 g/mol. The molecule has 0 aliphatic carbocycles. The van der Waals surface area contributed by atoms with Crippen LogP contribution in [0.25, 0.3) is 10.9 Å². The number of aromatic nitrogens is 2. The van der Waals surface area contributed by atoms with Gasteiger partial charge in [0.05, 0.1) is 19.7 Å². The zero-order valence-electron chi connectivity index (χ0n) is 15.9. The molecule has 0 atom stereocenters. The van der Waals surface area contributed by atoms with E-state index in [9.17, 15) is 18.0 Å². The van der Waals surface area contributed by atoms with Gasteiger partial charge in [-0.25, -0.2) is 9.97 Å². The fraction of sp³-hybridized carbons (Fsp3) is 0.211. The van der Waals surface area contributed by atoms with Gasteiger partial charge in [0.25, 0.3) is 5.91 Å². The minimum absolute atomic E-state index is 0.00121. The van der Waals surface area contributed by atoms with Crippen molar-refractivity contribution in [3.63, 3.8) is 0 Å². The molecule has 30 heavy (non-hydrogen) atoms. The van der Waals surface area contributed by atoms with Gasteiger partial charge in [0, 0.05) is 11.5 Å². The molecule has 0 saturated carbocycles. The van der Waals surface area contributed by atoms with Crippen LogP contribution in [-0.4, -0.2) is 36.7 Å². The van der Waals surface area contributed by atoms with Gasteiger partial charge >= 0.3 is 6.18 Å². The molecule has 2 aromatic carbocycles. The van der Waals surface area contributed by atoms with Crippen molar-refractivity contribution in [2.75, 3.05) is 26.3 Å². The zero-order chi connectivity index (χ0) is 21.7. The normalized spacial score (nSPS) is 11.1. The quantitative estimate of drug-likeness (QED) is 0.565. The summed E-state index contributed by atoms with van der Waals surface area (Å²) in [5.41, 5.74) is 4.66. The van der Waals surface area contributed by atoms with Crippen molar-refractivity contribution >= 4 is 22.6 Å². The molecule has 158 valence electrons. The van der Waals surface area contributed by atoms with Crippen LogP contribution in [0, 0.1) is 0 Å². The fourth-order valence-electron chi connectivity index (χ4n) is 2.50. The Labute approximate surface area is 169 Å². The Morgan fingerprint density at radius 2 is 1.77 bits per heavy atom. The first-order valence-corrected chi connectivity index (χ1v) is 8.55. The number of nitrogens with zero attached hydrogens (tertiary/aromatic N) is 2. The van der Waals surface area contributed by atoms with Crippen molar-refractivity contribution in [3.8, 4) is 17.2 Å². The number of hydrogen-bond donors (Lipinski definition) is 2. The smallest absolute Gasteiger partial charge is 0.451 e. The van der Waals surface area contributed by atoms with Crippen LogP contribution in [0.1, 0.15) is 5.82 Å². The van der Waals surface area contributed by atoms with E-state index in [1.165, 1.54) is 32.4 Å². The van der Waals surface area contributed by atoms with Crippen LogP contribution in [0.4, 0.5) is 19.0 Å². The zero-order valence-corrected chi connectivity index (χ0v) is 15.9. The number of nitrogens with one attached hydrogen (secondary N) is 2. The van der Waals surface area contributed by atoms with Crippen molar-refractivity contribution in [2.24, 2.45) is 0 Å². The van der Waals surface area contributed by atoms with Gasteiger partial charge in [0.2, 0.25) is 5.82 Å². The molecule has 0 saturated heterocycles. The van der Waals surface area contributed by atoms with Crippen LogP contribution in [0.15, 0.2) is 42.5 Å². The lowest BCUT2D eigenvalue weighted by Crippen LogP contribution is -2.34. The number of carbonyl (C=O) groups is 1. The third kappa shape index (κ3) is 4.80. The second-order valence-corrected chi connectivity index (χ2v) is 5.89. The topological polar surface area (TPSA) is 94.6 Å². The molecule has 1 aromatic heterocycles. The number of para-hydroxylation sites is 2. The Hall–Kier alpha value is -3.76. The van der Waals surface area contributed by atoms with E-state index in [1.54, 1.807) is 24.3 Å². The number of hydrazine groups is 1. The molecule has 3 rings (SSSR count). The van der Waals surface area contributed by atoms with Crippen LogP contribution >= 0.6 is 0 Å². The Balaban J connectivity index is 1.76. The minimum Gasteiger partial charge on any atom is -0.497 e. The van der Waals surface area contributed by atoms with Gasteiger partial charge in [0.15, 0.2) is 23.9 Å². The maximum Gasteiger partial charge on any atom is 0.451 e. The molecule has 0 bridgehead atoms. The van der Waals surface area contributed by atoms with Crippen LogP contribution in [0.2, 0.25) is 0 Å². The predicted octanol–water partition coefficient (Wildman–Crippen LogP) is 3.19. The molecule has 0 spiro atoms. The number of halogens is 3. The van der Waals surface area contributed by atoms with Gasteiger partial charge in [-0.15, -0.1) is 0 Å². The van der Waals surface area contributed by atoms with Gasteiger partial charge < -0.3 is 14.2 Å². The average molecular weight is 422 g/mol. The van der Waals surface area contributed by atoms with E-state index in [2.05, 4.69) is 20.8 Å². The summed E-state index contributed by atoms with van der Waals surface area (Å²) in [5.74, 6) is -1.12. The summed E-state index contributed by atoms with van der Waals surface area (Å²) in [6.45, 7) is -0.406. The summed E-state index contributed by atoms with van der Waals surface area (Å²) in [6, 6.07) is 11.1. The Bertz CT molecular complexity index is 1060. The first-order valence-electron chi connectivity index (χ1n) is 8.55. The number of fused-ring (bicyclic) bond motifs is 1. The first kappa shape index (κ1) is 21.0. The molecule has 0 aliphatic heterocycles. The van der Waals surface area contributed by atoms with Crippen LogP contribution in [0.5, 0.6) is 17.2 Å². The summed E-state index contributed by atoms with van der Waals surface area (Å²) < 4.78 is 55.0. The van der Waals surface area contributed by atoms with Crippen molar-refractivity contribution in [3.05, 3.63) is 48.3 Å². The van der Waals surface area contributed by atoms with Crippen LogP contribution in [-0.2, 0) is 11.0 Å². The highest BCUT2D eigenvalue weighted by Gasteiger charge is 2.35. The highest BCUT2D eigenvalue weighted by atomic mass is 19.4. The summed E-state index contributed by atoms with van der Waals surface area (Å²) >= 11 is 0. The molecule has 1 amide bonds. The molecule has 2 N–H and O–H groups in total. The third-order valence-electron chi connectivity index (χ3n) is 3.91. The Kier molecular flexibility index (Phi) is 6.09. The average Bonchev–Trinajstić information content (AvgIpc) is 2.74. The van der Waals surface area contributed by atoms with Crippen molar-refractivity contribution in [1.82, 2.24) is 15.4 Å².